The lowest BCUT2D eigenvalue weighted by molar-refractivity contribution is 0.0487. The molecule has 1 saturated heterocycles. The third-order valence-electron chi connectivity index (χ3n) is 7.38. The van der Waals surface area contributed by atoms with Gasteiger partial charge < -0.3 is 5.32 Å². The number of fused-ring (bicyclic) bond motifs is 1. The van der Waals surface area contributed by atoms with Gasteiger partial charge >= 0.3 is 0 Å². The van der Waals surface area contributed by atoms with E-state index in [4.69, 9.17) is 0 Å². The molecule has 2 unspecified atom stereocenters. The van der Waals surface area contributed by atoms with Crippen LogP contribution in [-0.4, -0.2) is 36.6 Å². The largest absolute Gasteiger partial charge is 0.312 e. The summed E-state index contributed by atoms with van der Waals surface area (Å²) < 4.78 is 0. The number of rotatable bonds is 6. The first-order valence-electron chi connectivity index (χ1n) is 11.3. The van der Waals surface area contributed by atoms with Gasteiger partial charge in [0.2, 0.25) is 0 Å². The summed E-state index contributed by atoms with van der Waals surface area (Å²) in [5.41, 5.74) is 3.81. The van der Waals surface area contributed by atoms with Crippen molar-refractivity contribution in [2.24, 2.45) is 5.41 Å². The maximum absolute atomic E-state index is 4.04. The maximum Gasteiger partial charge on any atom is 0.0249 e. The molecule has 0 radical (unpaired) electrons. The van der Waals surface area contributed by atoms with E-state index in [-0.39, 0.29) is 0 Å². The Kier molecular flexibility index (Phi) is 6.00. The minimum atomic E-state index is 0.540. The molecule has 2 heteroatoms. The third-order valence-corrected chi connectivity index (χ3v) is 7.38. The molecule has 144 valence electrons. The van der Waals surface area contributed by atoms with Gasteiger partial charge in [-0.3, -0.25) is 4.90 Å². The van der Waals surface area contributed by atoms with E-state index in [1.807, 2.05) is 0 Å². The standard InChI is InChI=1S/C24H38N2/c1-2-3-7-14-25-22-19-24(17-20-10-5-6-11-21(20)18-24)13-12-23(22)26-15-8-4-9-16-26/h5-6,10-11,22-23,25H,2-4,7-9,12-19H2,1H3. The van der Waals surface area contributed by atoms with Crippen LogP contribution in [0.3, 0.4) is 0 Å². The summed E-state index contributed by atoms with van der Waals surface area (Å²) in [6.07, 6.45) is 15.2. The SMILES string of the molecule is CCCCCNC1CC2(CCC1N1CCCCC1)Cc1ccccc1C2. The van der Waals surface area contributed by atoms with E-state index in [1.54, 1.807) is 11.1 Å². The van der Waals surface area contributed by atoms with E-state index in [0.29, 0.717) is 11.5 Å². The van der Waals surface area contributed by atoms with E-state index in [9.17, 15) is 0 Å². The Morgan fingerprint density at radius 2 is 1.77 bits per heavy atom. The normalized spacial score (nSPS) is 28.3. The molecular weight excluding hydrogens is 316 g/mol. The summed E-state index contributed by atoms with van der Waals surface area (Å²) >= 11 is 0. The maximum atomic E-state index is 4.04. The Morgan fingerprint density at radius 1 is 1.04 bits per heavy atom. The molecule has 2 nitrogen and oxygen atoms in total. The molecule has 1 N–H and O–H groups in total. The predicted octanol–water partition coefficient (Wildman–Crippen LogP) is 4.96. The molecule has 1 aromatic rings. The lowest BCUT2D eigenvalue weighted by Crippen LogP contribution is -2.56. The van der Waals surface area contributed by atoms with E-state index in [1.165, 1.54) is 90.3 Å². The third kappa shape index (κ3) is 4.02. The quantitative estimate of drug-likeness (QED) is 0.727. The number of likely N-dealkylation sites (tertiary alicyclic amines) is 1. The van der Waals surface area contributed by atoms with Crippen molar-refractivity contribution >= 4 is 0 Å². The number of nitrogens with zero attached hydrogens (tertiary/aromatic N) is 1. The van der Waals surface area contributed by atoms with E-state index < -0.39 is 0 Å². The first kappa shape index (κ1) is 18.5. The van der Waals surface area contributed by atoms with Gasteiger partial charge in [0.05, 0.1) is 0 Å². The van der Waals surface area contributed by atoms with Crippen LogP contribution in [0.5, 0.6) is 0 Å². The summed E-state index contributed by atoms with van der Waals surface area (Å²) in [5, 5.41) is 4.04. The van der Waals surface area contributed by atoms with Crippen LogP contribution >= 0.6 is 0 Å². The summed E-state index contributed by atoms with van der Waals surface area (Å²) in [6, 6.07) is 10.7. The first-order valence-corrected chi connectivity index (χ1v) is 11.3. The number of benzene rings is 1. The van der Waals surface area contributed by atoms with Gasteiger partial charge in [0.1, 0.15) is 0 Å². The average Bonchev–Trinajstić information content (AvgIpc) is 3.03. The summed E-state index contributed by atoms with van der Waals surface area (Å²) in [7, 11) is 0. The Labute approximate surface area is 160 Å². The van der Waals surface area contributed by atoms with Crippen molar-refractivity contribution in [1.29, 1.82) is 0 Å². The molecule has 1 aliphatic heterocycles. The van der Waals surface area contributed by atoms with Crippen LogP contribution in [0.15, 0.2) is 24.3 Å². The van der Waals surface area contributed by atoms with Crippen LogP contribution in [-0.2, 0) is 12.8 Å². The molecule has 1 aromatic carbocycles. The van der Waals surface area contributed by atoms with Crippen LogP contribution in [0.2, 0.25) is 0 Å². The van der Waals surface area contributed by atoms with Gasteiger partial charge in [0.25, 0.3) is 0 Å². The van der Waals surface area contributed by atoms with Gasteiger partial charge in [0.15, 0.2) is 0 Å². The van der Waals surface area contributed by atoms with E-state index in [0.717, 1.165) is 6.04 Å². The van der Waals surface area contributed by atoms with Crippen LogP contribution in [0.1, 0.15) is 75.8 Å². The fraction of sp³-hybridized carbons (Fsp3) is 0.750. The Hall–Kier alpha value is -0.860. The van der Waals surface area contributed by atoms with Crippen molar-refractivity contribution in [2.75, 3.05) is 19.6 Å². The fourth-order valence-electron chi connectivity index (χ4n) is 6.01. The minimum absolute atomic E-state index is 0.540. The highest BCUT2D eigenvalue weighted by Crippen LogP contribution is 2.48. The molecule has 1 spiro atoms. The summed E-state index contributed by atoms with van der Waals surface area (Å²) in [5.74, 6) is 0. The lowest BCUT2D eigenvalue weighted by Gasteiger charge is -2.48. The molecule has 2 fully saturated rings. The lowest BCUT2D eigenvalue weighted by atomic mass is 9.68. The number of hydrogen-bond acceptors (Lipinski definition) is 2. The highest BCUT2D eigenvalue weighted by atomic mass is 15.2. The molecule has 2 atom stereocenters. The highest BCUT2D eigenvalue weighted by molar-refractivity contribution is 5.35. The van der Waals surface area contributed by atoms with Crippen molar-refractivity contribution in [1.82, 2.24) is 10.2 Å². The van der Waals surface area contributed by atoms with Crippen molar-refractivity contribution in [3.63, 3.8) is 0 Å². The Balaban J connectivity index is 1.45. The second-order valence-corrected chi connectivity index (χ2v) is 9.30. The molecule has 0 amide bonds. The van der Waals surface area contributed by atoms with Crippen molar-refractivity contribution in [2.45, 2.75) is 89.6 Å². The summed E-state index contributed by atoms with van der Waals surface area (Å²) in [4.78, 5) is 2.84. The highest BCUT2D eigenvalue weighted by Gasteiger charge is 2.45. The Bertz CT molecular complexity index is 550. The van der Waals surface area contributed by atoms with Gasteiger partial charge in [-0.1, -0.05) is 50.5 Å². The van der Waals surface area contributed by atoms with Gasteiger partial charge in [-0.15, -0.1) is 0 Å². The van der Waals surface area contributed by atoms with E-state index >= 15 is 0 Å². The van der Waals surface area contributed by atoms with Crippen molar-refractivity contribution in [3.8, 4) is 0 Å². The summed E-state index contributed by atoms with van der Waals surface area (Å²) in [6.45, 7) is 6.20. The van der Waals surface area contributed by atoms with Crippen LogP contribution < -0.4 is 5.32 Å². The number of hydrogen-bond donors (Lipinski definition) is 1. The zero-order chi connectivity index (χ0) is 17.8. The second-order valence-electron chi connectivity index (χ2n) is 9.30. The molecule has 2 aliphatic carbocycles. The molecule has 1 heterocycles. The average molecular weight is 355 g/mol. The monoisotopic (exact) mass is 354 g/mol. The Morgan fingerprint density at radius 3 is 2.46 bits per heavy atom. The van der Waals surface area contributed by atoms with Gasteiger partial charge in [-0.05, 0) is 87.5 Å². The van der Waals surface area contributed by atoms with Crippen molar-refractivity contribution in [3.05, 3.63) is 35.4 Å². The van der Waals surface area contributed by atoms with E-state index in [2.05, 4.69) is 41.4 Å². The molecule has 4 rings (SSSR count). The van der Waals surface area contributed by atoms with Crippen molar-refractivity contribution < 1.29 is 0 Å². The zero-order valence-corrected chi connectivity index (χ0v) is 16.8. The number of unbranched alkanes of at least 4 members (excludes halogenated alkanes) is 2. The second kappa shape index (κ2) is 8.44. The van der Waals surface area contributed by atoms with Gasteiger partial charge in [-0.25, -0.2) is 0 Å². The van der Waals surface area contributed by atoms with Crippen LogP contribution in [0.4, 0.5) is 0 Å². The zero-order valence-electron chi connectivity index (χ0n) is 16.8. The fourth-order valence-corrected chi connectivity index (χ4v) is 6.01. The number of piperidine rings is 1. The minimum Gasteiger partial charge on any atom is -0.312 e. The first-order chi connectivity index (χ1) is 12.8. The molecular formula is C24H38N2. The van der Waals surface area contributed by atoms with Gasteiger partial charge in [-0.2, -0.15) is 0 Å². The molecule has 26 heavy (non-hydrogen) atoms. The topological polar surface area (TPSA) is 15.3 Å². The van der Waals surface area contributed by atoms with Gasteiger partial charge in [0, 0.05) is 12.1 Å². The molecule has 1 saturated carbocycles. The predicted molar refractivity (Wildman–Crippen MR) is 111 cm³/mol. The molecule has 3 aliphatic rings. The smallest absolute Gasteiger partial charge is 0.0249 e. The van der Waals surface area contributed by atoms with Crippen LogP contribution in [0, 0.1) is 5.41 Å². The number of nitrogens with one attached hydrogen (secondary N) is 1. The molecule has 0 aromatic heterocycles. The molecule has 0 bridgehead atoms. The van der Waals surface area contributed by atoms with Crippen LogP contribution in [0.25, 0.3) is 0 Å².